The Kier molecular flexibility index (Phi) is 6.42. The van der Waals surface area contributed by atoms with Crippen molar-refractivity contribution >= 4 is 52.7 Å². The van der Waals surface area contributed by atoms with E-state index in [1.165, 1.54) is 12.1 Å². The molecular formula is C31H24Cl2N4O5. The Labute approximate surface area is 251 Å². The maximum atomic E-state index is 13.5. The Morgan fingerprint density at radius 2 is 1.36 bits per heavy atom. The number of carbonyl (C=O) groups excluding carboxylic acids is 5. The number of nitrogens with one attached hydrogen (secondary N) is 1. The minimum Gasteiger partial charge on any atom is -0.336 e. The molecule has 3 aliphatic heterocycles. The largest absolute Gasteiger partial charge is 0.336 e. The first kappa shape index (κ1) is 26.8. The van der Waals surface area contributed by atoms with Crippen molar-refractivity contribution < 1.29 is 24.0 Å². The Hall–Kier alpha value is -4.05. The minimum atomic E-state index is -1.06. The van der Waals surface area contributed by atoms with Gasteiger partial charge in [0.1, 0.15) is 6.04 Å². The van der Waals surface area contributed by atoms with Gasteiger partial charge in [0.2, 0.25) is 11.8 Å². The molecule has 0 aromatic heterocycles. The highest BCUT2D eigenvalue weighted by molar-refractivity contribution is 6.31. The number of hydrogen-bond donors (Lipinski definition) is 1. The molecule has 3 aromatic carbocycles. The van der Waals surface area contributed by atoms with Crippen LogP contribution in [-0.2, 0) is 9.59 Å². The molecule has 1 N–H and O–H groups in total. The molecule has 4 aliphatic rings. The summed E-state index contributed by atoms with van der Waals surface area (Å²) in [7, 11) is 0. The average Bonchev–Trinajstić information content (AvgIpc) is 3.42. The molecule has 11 heteroatoms. The van der Waals surface area contributed by atoms with Gasteiger partial charge in [-0.25, -0.2) is 0 Å². The first-order valence-electron chi connectivity index (χ1n) is 13.7. The predicted octanol–water partition coefficient (Wildman–Crippen LogP) is 3.92. The summed E-state index contributed by atoms with van der Waals surface area (Å²) in [5.74, 6) is -2.58. The molecular weight excluding hydrogens is 579 g/mol. The van der Waals surface area contributed by atoms with Gasteiger partial charge < -0.3 is 4.90 Å². The molecule has 0 saturated carbocycles. The van der Waals surface area contributed by atoms with Crippen LogP contribution in [0, 0.1) is 0 Å². The highest BCUT2D eigenvalue weighted by Gasteiger charge is 2.45. The number of rotatable bonds is 3. The highest BCUT2D eigenvalue weighted by Crippen LogP contribution is 2.48. The maximum absolute atomic E-state index is 13.5. The monoisotopic (exact) mass is 602 g/mol. The molecule has 0 radical (unpaired) electrons. The summed E-state index contributed by atoms with van der Waals surface area (Å²) in [6.07, 6.45) is 0.112. The third kappa shape index (κ3) is 4.22. The quantitative estimate of drug-likeness (QED) is 0.455. The van der Waals surface area contributed by atoms with Crippen LogP contribution in [0.4, 0.5) is 0 Å². The smallest absolute Gasteiger partial charge is 0.262 e. The van der Waals surface area contributed by atoms with Gasteiger partial charge in [0.05, 0.1) is 17.2 Å². The van der Waals surface area contributed by atoms with E-state index in [2.05, 4.69) is 22.3 Å². The van der Waals surface area contributed by atoms with E-state index in [9.17, 15) is 24.0 Å². The van der Waals surface area contributed by atoms with Gasteiger partial charge in [-0.3, -0.25) is 39.1 Å². The van der Waals surface area contributed by atoms with Crippen LogP contribution in [0.3, 0.4) is 0 Å². The van der Waals surface area contributed by atoms with Crippen LogP contribution in [0.25, 0.3) is 11.1 Å². The normalized spacial score (nSPS) is 20.5. The average molecular weight is 603 g/mol. The van der Waals surface area contributed by atoms with Crippen molar-refractivity contribution in [1.82, 2.24) is 20.0 Å². The summed E-state index contributed by atoms with van der Waals surface area (Å²) < 4.78 is 0. The van der Waals surface area contributed by atoms with Crippen LogP contribution < -0.4 is 5.32 Å². The zero-order chi connectivity index (χ0) is 29.3. The van der Waals surface area contributed by atoms with Gasteiger partial charge in [0.25, 0.3) is 17.7 Å². The number of piperidine rings is 1. The summed E-state index contributed by atoms with van der Waals surface area (Å²) in [6, 6.07) is 15.2. The van der Waals surface area contributed by atoms with Gasteiger partial charge in [0, 0.05) is 48.2 Å². The minimum absolute atomic E-state index is 0.0173. The van der Waals surface area contributed by atoms with Crippen molar-refractivity contribution in [3.8, 4) is 11.1 Å². The summed E-state index contributed by atoms with van der Waals surface area (Å²) in [5, 5.41) is 3.50. The molecule has 0 spiro atoms. The molecule has 7 rings (SSSR count). The fraction of sp³-hybridized carbons (Fsp3) is 0.258. The zero-order valence-electron chi connectivity index (χ0n) is 22.2. The van der Waals surface area contributed by atoms with Crippen LogP contribution >= 0.6 is 23.2 Å². The van der Waals surface area contributed by atoms with Crippen molar-refractivity contribution in [2.24, 2.45) is 0 Å². The van der Waals surface area contributed by atoms with Crippen LogP contribution in [0.5, 0.6) is 0 Å². The Morgan fingerprint density at radius 1 is 0.738 bits per heavy atom. The number of carbonyl (C=O) groups is 5. The second kappa shape index (κ2) is 10.0. The lowest BCUT2D eigenvalue weighted by Crippen LogP contribution is -2.54. The Bertz CT molecular complexity index is 1680. The van der Waals surface area contributed by atoms with Gasteiger partial charge in [-0.1, -0.05) is 35.3 Å². The van der Waals surface area contributed by atoms with E-state index in [0.29, 0.717) is 41.8 Å². The van der Waals surface area contributed by atoms with Gasteiger partial charge in [0.15, 0.2) is 0 Å². The molecule has 9 nitrogen and oxygen atoms in total. The fourth-order valence-electron chi connectivity index (χ4n) is 6.53. The molecule has 5 amide bonds. The number of nitrogens with zero attached hydrogens (tertiary/aromatic N) is 3. The van der Waals surface area contributed by atoms with Crippen LogP contribution in [-0.4, -0.2) is 76.5 Å². The molecule has 0 bridgehead atoms. The van der Waals surface area contributed by atoms with E-state index in [1.54, 1.807) is 11.0 Å². The van der Waals surface area contributed by atoms with Gasteiger partial charge in [-0.15, -0.1) is 0 Å². The first-order valence-corrected chi connectivity index (χ1v) is 14.4. The molecule has 42 heavy (non-hydrogen) atoms. The van der Waals surface area contributed by atoms with Crippen molar-refractivity contribution in [2.75, 3.05) is 26.2 Å². The number of piperazine rings is 1. The summed E-state index contributed by atoms with van der Waals surface area (Å²) in [5.41, 5.74) is 4.96. The second-order valence-electron chi connectivity index (χ2n) is 10.9. The lowest BCUT2D eigenvalue weighted by atomic mass is 10.0. The standard InChI is InChI=1S/C31H24Cl2N4O5/c32-17-2-5-19-22(14-17)23-15-18(33)3-6-20(23)27(19)35-9-11-36(12-10-35)29(40)16-1-4-21-24(13-16)31(42)37(30(21)41)25-7-8-26(38)34-28(25)39/h1-6,13-15,25,27H,7-12H2,(H,34,38,39). The first-order chi connectivity index (χ1) is 20.2. The van der Waals surface area contributed by atoms with Crippen molar-refractivity contribution in [3.63, 3.8) is 0 Å². The second-order valence-corrected chi connectivity index (χ2v) is 11.8. The molecule has 3 aromatic rings. The number of fused-ring (bicyclic) bond motifs is 4. The van der Waals surface area contributed by atoms with Crippen LogP contribution in [0.2, 0.25) is 10.0 Å². The van der Waals surface area contributed by atoms with Crippen LogP contribution in [0.15, 0.2) is 54.6 Å². The van der Waals surface area contributed by atoms with E-state index < -0.39 is 29.7 Å². The number of hydrogen-bond acceptors (Lipinski definition) is 6. The summed E-state index contributed by atoms with van der Waals surface area (Å²) in [6.45, 7) is 2.22. The molecule has 2 saturated heterocycles. The third-order valence-electron chi connectivity index (χ3n) is 8.56. The van der Waals surface area contributed by atoms with Gasteiger partial charge in [-0.05, 0) is 71.1 Å². The molecule has 1 atom stereocenters. The molecule has 1 aliphatic carbocycles. The number of benzene rings is 3. The maximum Gasteiger partial charge on any atom is 0.262 e. The molecule has 3 heterocycles. The van der Waals surface area contributed by atoms with Gasteiger partial charge in [-0.2, -0.15) is 0 Å². The van der Waals surface area contributed by atoms with Crippen LogP contribution in [0.1, 0.15) is 61.1 Å². The van der Waals surface area contributed by atoms with E-state index >= 15 is 0 Å². The van der Waals surface area contributed by atoms with E-state index in [4.69, 9.17) is 23.2 Å². The van der Waals surface area contributed by atoms with E-state index in [-0.39, 0.29) is 35.9 Å². The molecule has 2 fully saturated rings. The Morgan fingerprint density at radius 3 is 1.98 bits per heavy atom. The zero-order valence-corrected chi connectivity index (χ0v) is 23.7. The number of halogens is 2. The molecule has 1 unspecified atom stereocenters. The fourth-order valence-corrected chi connectivity index (χ4v) is 6.88. The lowest BCUT2D eigenvalue weighted by molar-refractivity contribution is -0.136. The van der Waals surface area contributed by atoms with Crippen molar-refractivity contribution in [1.29, 1.82) is 0 Å². The third-order valence-corrected chi connectivity index (χ3v) is 9.03. The van der Waals surface area contributed by atoms with Crippen molar-refractivity contribution in [3.05, 3.63) is 92.5 Å². The lowest BCUT2D eigenvalue weighted by Gasteiger charge is -2.38. The highest BCUT2D eigenvalue weighted by atomic mass is 35.5. The number of amides is 5. The predicted molar refractivity (Wildman–Crippen MR) is 154 cm³/mol. The SMILES string of the molecule is O=C1CCC(N2C(=O)c3ccc(C(=O)N4CCN(C5c6ccc(Cl)cc6-c6cc(Cl)ccc65)CC4)cc3C2=O)C(=O)N1. The Balaban J connectivity index is 1.08. The van der Waals surface area contributed by atoms with E-state index in [1.807, 2.05) is 24.3 Å². The van der Waals surface area contributed by atoms with Gasteiger partial charge >= 0.3 is 0 Å². The number of imide groups is 2. The molecule has 212 valence electrons. The summed E-state index contributed by atoms with van der Waals surface area (Å²) >= 11 is 12.6. The van der Waals surface area contributed by atoms with Crippen molar-refractivity contribution in [2.45, 2.75) is 24.9 Å². The summed E-state index contributed by atoms with van der Waals surface area (Å²) in [4.78, 5) is 68.6. The topological polar surface area (TPSA) is 107 Å². The van der Waals surface area contributed by atoms with E-state index in [0.717, 1.165) is 27.2 Å².